The molecule has 1 aromatic rings. The van der Waals surface area contributed by atoms with E-state index < -0.39 is 0 Å². The van der Waals surface area contributed by atoms with Crippen LogP contribution >= 0.6 is 0 Å². The quantitative estimate of drug-likeness (QED) is 0.902. The highest BCUT2D eigenvalue weighted by Gasteiger charge is 2.18. The third-order valence-electron chi connectivity index (χ3n) is 4.52. The van der Waals surface area contributed by atoms with Crippen LogP contribution in [0.4, 0.5) is 5.69 Å². The zero-order valence-corrected chi connectivity index (χ0v) is 15.1. The summed E-state index contributed by atoms with van der Waals surface area (Å²) in [7, 11) is 1.82. The maximum atomic E-state index is 12.4. The highest BCUT2D eigenvalue weighted by molar-refractivity contribution is 5.94. The summed E-state index contributed by atoms with van der Waals surface area (Å²) in [6, 6.07) is 5.94. The number of carbonyl (C=O) groups is 2. The van der Waals surface area contributed by atoms with Gasteiger partial charge in [-0.3, -0.25) is 14.5 Å². The average Bonchev–Trinajstić information content (AvgIpc) is 2.80. The normalized spacial score (nSPS) is 15.2. The maximum absolute atomic E-state index is 12.4. The van der Waals surface area contributed by atoms with Crippen LogP contribution in [0.15, 0.2) is 18.2 Å². The molecule has 5 heteroatoms. The lowest BCUT2D eigenvalue weighted by atomic mass is 10.1. The number of aryl methyl sites for hydroxylation is 2. The van der Waals surface area contributed by atoms with Crippen molar-refractivity contribution < 1.29 is 9.59 Å². The summed E-state index contributed by atoms with van der Waals surface area (Å²) >= 11 is 0. The van der Waals surface area contributed by atoms with Gasteiger partial charge in [-0.25, -0.2) is 0 Å². The zero-order valence-electron chi connectivity index (χ0n) is 15.1. The molecule has 1 aliphatic heterocycles. The number of para-hydroxylation sites is 1. The van der Waals surface area contributed by atoms with Gasteiger partial charge in [-0.05, 0) is 44.9 Å². The van der Waals surface area contributed by atoms with E-state index in [1.807, 2.05) is 44.0 Å². The number of hydrogen-bond acceptors (Lipinski definition) is 3. The Kier molecular flexibility index (Phi) is 6.79. The lowest BCUT2D eigenvalue weighted by Crippen LogP contribution is -2.41. The first kappa shape index (κ1) is 18.5. The smallest absolute Gasteiger partial charge is 0.238 e. The minimum atomic E-state index is -0.0847. The fraction of sp³-hybridized carbons (Fsp3) is 0.579. The lowest BCUT2D eigenvalue weighted by molar-refractivity contribution is -0.132. The predicted molar refractivity (Wildman–Crippen MR) is 97.1 cm³/mol. The molecule has 1 heterocycles. The third-order valence-corrected chi connectivity index (χ3v) is 4.52. The molecule has 1 N–H and O–H groups in total. The van der Waals surface area contributed by atoms with E-state index in [0.717, 1.165) is 42.7 Å². The Hall–Kier alpha value is -1.88. The Bertz CT molecular complexity index is 558. The Morgan fingerprint density at radius 1 is 1.04 bits per heavy atom. The van der Waals surface area contributed by atoms with Crippen LogP contribution in [0, 0.1) is 13.8 Å². The third kappa shape index (κ3) is 5.34. The number of nitrogens with zero attached hydrogens (tertiary/aromatic N) is 2. The van der Waals surface area contributed by atoms with Crippen LogP contribution in [0.25, 0.3) is 0 Å². The average molecular weight is 331 g/mol. The van der Waals surface area contributed by atoms with Gasteiger partial charge in [-0.1, -0.05) is 31.0 Å². The number of likely N-dealkylation sites (tertiary alicyclic amines) is 1. The summed E-state index contributed by atoms with van der Waals surface area (Å²) < 4.78 is 0. The second-order valence-corrected chi connectivity index (χ2v) is 6.78. The molecule has 0 spiro atoms. The van der Waals surface area contributed by atoms with Gasteiger partial charge in [0.2, 0.25) is 11.8 Å². The minimum absolute atomic E-state index is 0.0847. The summed E-state index contributed by atoms with van der Waals surface area (Å²) in [6.07, 6.45) is 4.58. The van der Waals surface area contributed by atoms with Gasteiger partial charge in [0.15, 0.2) is 0 Å². The molecule has 0 bridgehead atoms. The lowest BCUT2D eigenvalue weighted by Gasteiger charge is -2.24. The molecule has 1 aromatic carbocycles. The second-order valence-electron chi connectivity index (χ2n) is 6.78. The molecular formula is C19H29N3O2. The van der Waals surface area contributed by atoms with Gasteiger partial charge >= 0.3 is 0 Å². The number of likely N-dealkylation sites (N-methyl/N-ethyl adjacent to an activating group) is 1. The fourth-order valence-electron chi connectivity index (χ4n) is 3.14. The molecule has 0 unspecified atom stereocenters. The number of carbonyl (C=O) groups excluding carboxylic acids is 2. The molecular weight excluding hydrogens is 302 g/mol. The molecule has 0 atom stereocenters. The Morgan fingerprint density at radius 3 is 2.21 bits per heavy atom. The minimum Gasteiger partial charge on any atom is -0.342 e. The summed E-state index contributed by atoms with van der Waals surface area (Å²) in [5.74, 6) is 0.0397. The predicted octanol–water partition coefficient (Wildman–Crippen LogP) is 2.58. The molecule has 2 amide bonds. The largest absolute Gasteiger partial charge is 0.342 e. The topological polar surface area (TPSA) is 52.7 Å². The number of anilines is 1. The fourth-order valence-corrected chi connectivity index (χ4v) is 3.14. The first-order chi connectivity index (χ1) is 11.5. The van der Waals surface area contributed by atoms with Gasteiger partial charge in [-0.15, -0.1) is 0 Å². The van der Waals surface area contributed by atoms with Crippen LogP contribution in [0.1, 0.15) is 36.8 Å². The van der Waals surface area contributed by atoms with Crippen LogP contribution in [-0.2, 0) is 9.59 Å². The van der Waals surface area contributed by atoms with Gasteiger partial charge in [0.1, 0.15) is 0 Å². The molecule has 2 rings (SSSR count). The highest BCUT2D eigenvalue weighted by atomic mass is 16.2. The van der Waals surface area contributed by atoms with E-state index in [1.54, 1.807) is 4.90 Å². The van der Waals surface area contributed by atoms with Crippen molar-refractivity contribution in [2.45, 2.75) is 39.5 Å². The van der Waals surface area contributed by atoms with E-state index in [0.29, 0.717) is 6.54 Å². The standard InChI is InChI=1S/C19H29N3O2/c1-15-9-8-10-16(2)19(15)20-17(23)13-21(3)14-18(24)22-11-6-4-5-7-12-22/h8-10H,4-7,11-14H2,1-3H3,(H,20,23). The molecule has 0 aliphatic carbocycles. The van der Waals surface area contributed by atoms with Crippen LogP contribution < -0.4 is 5.32 Å². The van der Waals surface area contributed by atoms with Crippen LogP contribution in [-0.4, -0.2) is 54.8 Å². The highest BCUT2D eigenvalue weighted by Crippen LogP contribution is 2.19. The van der Waals surface area contributed by atoms with E-state index in [2.05, 4.69) is 5.32 Å². The molecule has 1 fully saturated rings. The molecule has 0 saturated carbocycles. The van der Waals surface area contributed by atoms with Gasteiger partial charge in [0.25, 0.3) is 0 Å². The van der Waals surface area contributed by atoms with E-state index in [-0.39, 0.29) is 18.4 Å². The first-order valence-electron chi connectivity index (χ1n) is 8.80. The Morgan fingerprint density at radius 2 is 1.62 bits per heavy atom. The number of nitrogens with one attached hydrogen (secondary N) is 1. The van der Waals surface area contributed by atoms with Gasteiger partial charge in [0, 0.05) is 18.8 Å². The Balaban J connectivity index is 1.84. The van der Waals surface area contributed by atoms with Crippen LogP contribution in [0.5, 0.6) is 0 Å². The summed E-state index contributed by atoms with van der Waals surface area (Å²) in [5.41, 5.74) is 2.97. The van der Waals surface area contributed by atoms with Gasteiger partial charge < -0.3 is 10.2 Å². The monoisotopic (exact) mass is 331 g/mol. The van der Waals surface area contributed by atoms with Crippen molar-refractivity contribution in [1.29, 1.82) is 0 Å². The van der Waals surface area contributed by atoms with Crippen LogP contribution in [0.2, 0.25) is 0 Å². The van der Waals surface area contributed by atoms with Crippen molar-refractivity contribution in [2.24, 2.45) is 0 Å². The molecule has 24 heavy (non-hydrogen) atoms. The number of rotatable bonds is 5. The van der Waals surface area contributed by atoms with Crippen molar-refractivity contribution in [3.8, 4) is 0 Å². The molecule has 1 saturated heterocycles. The molecule has 0 aromatic heterocycles. The van der Waals surface area contributed by atoms with Crippen molar-refractivity contribution in [2.75, 3.05) is 38.5 Å². The second kappa shape index (κ2) is 8.83. The van der Waals surface area contributed by atoms with E-state index in [1.165, 1.54) is 12.8 Å². The van der Waals surface area contributed by atoms with Crippen molar-refractivity contribution in [1.82, 2.24) is 9.80 Å². The number of benzene rings is 1. The van der Waals surface area contributed by atoms with E-state index in [4.69, 9.17) is 0 Å². The molecule has 1 aliphatic rings. The summed E-state index contributed by atoms with van der Waals surface area (Å²) in [5, 5.41) is 2.97. The molecule has 5 nitrogen and oxygen atoms in total. The van der Waals surface area contributed by atoms with E-state index in [9.17, 15) is 9.59 Å². The van der Waals surface area contributed by atoms with Gasteiger partial charge in [0.05, 0.1) is 13.1 Å². The number of amides is 2. The van der Waals surface area contributed by atoms with Crippen molar-refractivity contribution >= 4 is 17.5 Å². The molecule has 0 radical (unpaired) electrons. The SMILES string of the molecule is Cc1cccc(C)c1NC(=O)CN(C)CC(=O)N1CCCCCC1. The van der Waals surface area contributed by atoms with Crippen LogP contribution in [0.3, 0.4) is 0 Å². The zero-order chi connectivity index (χ0) is 17.5. The maximum Gasteiger partial charge on any atom is 0.238 e. The summed E-state index contributed by atoms with van der Waals surface area (Å²) in [4.78, 5) is 28.3. The first-order valence-corrected chi connectivity index (χ1v) is 8.80. The summed E-state index contributed by atoms with van der Waals surface area (Å²) in [6.45, 7) is 6.17. The molecule has 132 valence electrons. The van der Waals surface area contributed by atoms with Gasteiger partial charge in [-0.2, -0.15) is 0 Å². The number of hydrogen-bond donors (Lipinski definition) is 1. The Labute approximate surface area is 145 Å². The van der Waals surface area contributed by atoms with Crippen molar-refractivity contribution in [3.63, 3.8) is 0 Å². The van der Waals surface area contributed by atoms with E-state index >= 15 is 0 Å². The van der Waals surface area contributed by atoms with Crippen molar-refractivity contribution in [3.05, 3.63) is 29.3 Å².